The molecule has 1 aliphatic heterocycles. The quantitative estimate of drug-likeness (QED) is 0.483. The Labute approximate surface area is 177 Å². The van der Waals surface area contributed by atoms with Crippen LogP contribution in [0.25, 0.3) is 17.4 Å². The Bertz CT molecular complexity index is 1210. The third kappa shape index (κ3) is 3.77. The van der Waals surface area contributed by atoms with Crippen LogP contribution in [0, 0.1) is 13.8 Å². The van der Waals surface area contributed by atoms with Crippen LogP contribution in [0.5, 0.6) is 0 Å². The lowest BCUT2D eigenvalue weighted by Crippen LogP contribution is -2.54. The van der Waals surface area contributed by atoms with Crippen molar-refractivity contribution in [1.29, 1.82) is 0 Å². The van der Waals surface area contributed by atoms with Crippen LogP contribution in [0.1, 0.15) is 16.9 Å². The summed E-state index contributed by atoms with van der Waals surface area (Å²) in [6.07, 6.45) is 1.33. The van der Waals surface area contributed by atoms with Crippen molar-refractivity contribution in [3.8, 4) is 11.3 Å². The number of urea groups is 1. The van der Waals surface area contributed by atoms with Crippen LogP contribution < -0.4 is 10.2 Å². The van der Waals surface area contributed by atoms with Gasteiger partial charge in [0.1, 0.15) is 17.1 Å². The van der Waals surface area contributed by atoms with Gasteiger partial charge in [0, 0.05) is 10.6 Å². The summed E-state index contributed by atoms with van der Waals surface area (Å²) in [6.45, 7) is 3.73. The first-order valence-electron chi connectivity index (χ1n) is 9.17. The highest BCUT2D eigenvalue weighted by Crippen LogP contribution is 2.28. The van der Waals surface area contributed by atoms with Crippen LogP contribution in [0.3, 0.4) is 0 Å². The minimum absolute atomic E-state index is 0.194. The SMILES string of the molecule is Cc1cc(C)cc(N2C(=O)NC(=O)/C(=C\c3ccc(-c4cccc(Cl)c4)o3)C2=O)c1. The first-order valence-corrected chi connectivity index (χ1v) is 9.55. The maximum atomic E-state index is 13.0. The van der Waals surface area contributed by atoms with E-state index in [1.54, 1.807) is 42.5 Å². The van der Waals surface area contributed by atoms with Crippen molar-refractivity contribution in [2.24, 2.45) is 0 Å². The lowest BCUT2D eigenvalue weighted by atomic mass is 10.1. The van der Waals surface area contributed by atoms with E-state index in [0.29, 0.717) is 22.2 Å². The highest BCUT2D eigenvalue weighted by atomic mass is 35.5. The second-order valence-electron chi connectivity index (χ2n) is 7.02. The van der Waals surface area contributed by atoms with Crippen molar-refractivity contribution in [2.75, 3.05) is 4.90 Å². The van der Waals surface area contributed by atoms with Gasteiger partial charge in [-0.25, -0.2) is 9.69 Å². The fourth-order valence-electron chi connectivity index (χ4n) is 3.34. The number of carbonyl (C=O) groups is 3. The number of anilines is 1. The van der Waals surface area contributed by atoms with Crippen LogP contribution >= 0.6 is 11.6 Å². The van der Waals surface area contributed by atoms with Crippen LogP contribution in [-0.4, -0.2) is 17.8 Å². The van der Waals surface area contributed by atoms with Crippen LogP contribution in [0.4, 0.5) is 10.5 Å². The van der Waals surface area contributed by atoms with Gasteiger partial charge in [0.05, 0.1) is 5.69 Å². The second kappa shape index (κ2) is 7.65. The predicted molar refractivity (Wildman–Crippen MR) is 114 cm³/mol. The third-order valence-corrected chi connectivity index (χ3v) is 4.82. The first-order chi connectivity index (χ1) is 14.3. The minimum atomic E-state index is -0.786. The number of barbiturate groups is 1. The molecule has 6 nitrogen and oxygen atoms in total. The summed E-state index contributed by atoms with van der Waals surface area (Å²) in [6, 6.07) is 15.0. The van der Waals surface area contributed by atoms with E-state index >= 15 is 0 Å². The molecule has 1 fully saturated rings. The number of rotatable bonds is 3. The largest absolute Gasteiger partial charge is 0.457 e. The zero-order chi connectivity index (χ0) is 21.4. The summed E-state index contributed by atoms with van der Waals surface area (Å²) in [7, 11) is 0. The normalized spacial score (nSPS) is 15.6. The molecule has 0 bridgehead atoms. The van der Waals surface area contributed by atoms with Gasteiger partial charge < -0.3 is 4.42 Å². The topological polar surface area (TPSA) is 79.6 Å². The Morgan fingerprint density at radius 2 is 1.70 bits per heavy atom. The van der Waals surface area contributed by atoms with E-state index in [9.17, 15) is 14.4 Å². The molecule has 1 aromatic heterocycles. The van der Waals surface area contributed by atoms with Crippen LogP contribution in [0.15, 0.2) is 64.6 Å². The monoisotopic (exact) mass is 420 g/mol. The summed E-state index contributed by atoms with van der Waals surface area (Å²) in [5.74, 6) is -0.644. The minimum Gasteiger partial charge on any atom is -0.457 e. The molecule has 3 aromatic rings. The molecule has 0 atom stereocenters. The Morgan fingerprint density at radius 1 is 0.967 bits per heavy atom. The van der Waals surface area contributed by atoms with Gasteiger partial charge in [-0.2, -0.15) is 0 Å². The molecule has 7 heteroatoms. The molecule has 30 heavy (non-hydrogen) atoms. The molecule has 0 saturated carbocycles. The summed E-state index contributed by atoms with van der Waals surface area (Å²) in [5.41, 5.74) is 2.75. The van der Waals surface area contributed by atoms with E-state index in [2.05, 4.69) is 5.32 Å². The molecular weight excluding hydrogens is 404 g/mol. The number of aryl methyl sites for hydroxylation is 2. The van der Waals surface area contributed by atoms with E-state index < -0.39 is 17.8 Å². The maximum absolute atomic E-state index is 13.0. The predicted octanol–water partition coefficient (Wildman–Crippen LogP) is 4.88. The molecule has 0 aliphatic carbocycles. The summed E-state index contributed by atoms with van der Waals surface area (Å²) in [4.78, 5) is 38.7. The molecule has 4 rings (SSSR count). The highest BCUT2D eigenvalue weighted by molar-refractivity contribution is 6.39. The number of amides is 4. The van der Waals surface area contributed by atoms with Gasteiger partial charge in [0.25, 0.3) is 11.8 Å². The number of nitrogens with zero attached hydrogens (tertiary/aromatic N) is 1. The van der Waals surface area contributed by atoms with Gasteiger partial charge in [-0.05, 0) is 67.4 Å². The molecule has 0 spiro atoms. The van der Waals surface area contributed by atoms with Crippen molar-refractivity contribution < 1.29 is 18.8 Å². The fourth-order valence-corrected chi connectivity index (χ4v) is 3.53. The van der Waals surface area contributed by atoms with Gasteiger partial charge in [-0.1, -0.05) is 29.8 Å². The number of halogens is 1. The van der Waals surface area contributed by atoms with Crippen molar-refractivity contribution in [3.05, 3.63) is 82.1 Å². The van der Waals surface area contributed by atoms with Gasteiger partial charge in [-0.3, -0.25) is 14.9 Å². The Hall–Kier alpha value is -3.64. The number of benzene rings is 2. The standard InChI is InChI=1S/C23H17ClN2O4/c1-13-8-14(2)10-17(9-13)26-22(28)19(21(27)25-23(26)29)12-18-6-7-20(30-18)15-4-3-5-16(24)11-15/h3-12H,1-2H3,(H,25,27,29)/b19-12+. The molecule has 0 radical (unpaired) electrons. The van der Waals surface area contributed by atoms with Crippen LogP contribution in [-0.2, 0) is 9.59 Å². The number of hydrogen-bond donors (Lipinski definition) is 1. The molecule has 1 aliphatic rings. The molecule has 2 aromatic carbocycles. The van der Waals surface area contributed by atoms with Gasteiger partial charge in [0.15, 0.2) is 0 Å². The Balaban J connectivity index is 1.69. The van der Waals surface area contributed by atoms with E-state index in [0.717, 1.165) is 21.6 Å². The average Bonchev–Trinajstić information content (AvgIpc) is 3.13. The van der Waals surface area contributed by atoms with E-state index in [1.165, 1.54) is 6.08 Å². The van der Waals surface area contributed by atoms with Gasteiger partial charge in [-0.15, -0.1) is 0 Å². The molecule has 4 amide bonds. The van der Waals surface area contributed by atoms with E-state index in [4.69, 9.17) is 16.0 Å². The second-order valence-corrected chi connectivity index (χ2v) is 7.45. The Morgan fingerprint density at radius 3 is 2.40 bits per heavy atom. The van der Waals surface area contributed by atoms with Crippen molar-refractivity contribution >= 4 is 41.2 Å². The number of carbonyl (C=O) groups excluding carboxylic acids is 3. The molecule has 0 unspecified atom stereocenters. The van der Waals surface area contributed by atoms with Gasteiger partial charge >= 0.3 is 6.03 Å². The highest BCUT2D eigenvalue weighted by Gasteiger charge is 2.37. The van der Waals surface area contributed by atoms with Gasteiger partial charge in [0.2, 0.25) is 0 Å². The van der Waals surface area contributed by atoms with Crippen molar-refractivity contribution in [3.63, 3.8) is 0 Å². The van der Waals surface area contributed by atoms with Crippen LogP contribution in [0.2, 0.25) is 5.02 Å². The number of imide groups is 2. The summed E-state index contributed by atoms with van der Waals surface area (Å²) >= 11 is 6.02. The zero-order valence-electron chi connectivity index (χ0n) is 16.2. The summed E-state index contributed by atoms with van der Waals surface area (Å²) in [5, 5.41) is 2.78. The number of hydrogen-bond acceptors (Lipinski definition) is 4. The maximum Gasteiger partial charge on any atom is 0.335 e. The van der Waals surface area contributed by atoms with E-state index in [1.807, 2.05) is 26.0 Å². The zero-order valence-corrected chi connectivity index (χ0v) is 17.0. The smallest absolute Gasteiger partial charge is 0.335 e. The lowest BCUT2D eigenvalue weighted by Gasteiger charge is -2.26. The average molecular weight is 421 g/mol. The molecule has 2 heterocycles. The third-order valence-electron chi connectivity index (χ3n) is 4.59. The number of nitrogens with one attached hydrogen (secondary N) is 1. The molecular formula is C23H17ClN2O4. The first kappa shape index (κ1) is 19.7. The summed E-state index contributed by atoms with van der Waals surface area (Å²) < 4.78 is 5.76. The fraction of sp³-hybridized carbons (Fsp3) is 0.0870. The van der Waals surface area contributed by atoms with E-state index in [-0.39, 0.29) is 5.57 Å². The Kier molecular flexibility index (Phi) is 5.01. The number of furan rings is 1. The molecule has 150 valence electrons. The molecule has 1 saturated heterocycles. The molecule has 1 N–H and O–H groups in total. The lowest BCUT2D eigenvalue weighted by molar-refractivity contribution is -0.122. The van der Waals surface area contributed by atoms with Crippen molar-refractivity contribution in [1.82, 2.24) is 5.32 Å². The van der Waals surface area contributed by atoms with Crippen molar-refractivity contribution in [2.45, 2.75) is 13.8 Å².